The monoisotopic (exact) mass is 845 g/mol. The Morgan fingerprint density at radius 3 is 1.53 bits per heavy atom. The number of benzene rings is 4. The summed E-state index contributed by atoms with van der Waals surface area (Å²) in [7, 11) is 2.48. The van der Waals surface area contributed by atoms with Gasteiger partial charge in [-0.25, -0.2) is 9.59 Å². The molecule has 0 spiro atoms. The maximum atomic E-state index is 13.8. The fourth-order valence-corrected chi connectivity index (χ4v) is 7.92. The number of hydrogen-bond acceptors (Lipinski definition) is 9. The van der Waals surface area contributed by atoms with Crippen molar-refractivity contribution < 1.29 is 38.2 Å². The third kappa shape index (κ3) is 11.3. The maximum absolute atomic E-state index is 13.8. The van der Waals surface area contributed by atoms with Crippen LogP contribution in [-0.4, -0.2) is 91.0 Å². The molecule has 0 radical (unpaired) electrons. The molecule has 15 heteroatoms. The van der Waals surface area contributed by atoms with Gasteiger partial charge in [-0.15, -0.1) is 0 Å². The van der Waals surface area contributed by atoms with E-state index in [1.807, 2.05) is 98.8 Å². The van der Waals surface area contributed by atoms with Gasteiger partial charge in [0.1, 0.15) is 24.2 Å². The SMILES string of the molecule is COC(=O)N[C@H](C(=O)N1CCC[C@H]1C(=O)Nc1ccc(CN(Cc2ccc(NC(=O)[C@@H]3CCCN3C(=O)[C@H](NC(=O)OC)c3ccccc3)cc2)c2ccccc2)cc1)C(C)C. The minimum Gasteiger partial charge on any atom is -0.453 e. The number of hydrogen-bond donors (Lipinski definition) is 4. The molecule has 4 atom stereocenters. The van der Waals surface area contributed by atoms with Gasteiger partial charge in [0.05, 0.1) is 14.2 Å². The van der Waals surface area contributed by atoms with Gasteiger partial charge in [0.2, 0.25) is 17.7 Å². The van der Waals surface area contributed by atoms with Gasteiger partial charge in [-0.1, -0.05) is 86.6 Å². The summed E-state index contributed by atoms with van der Waals surface area (Å²) >= 11 is 0. The van der Waals surface area contributed by atoms with Crippen LogP contribution in [0, 0.1) is 5.92 Å². The molecular weight excluding hydrogens is 791 g/mol. The van der Waals surface area contributed by atoms with Gasteiger partial charge in [0, 0.05) is 43.2 Å². The summed E-state index contributed by atoms with van der Waals surface area (Å²) in [6.45, 7) is 5.59. The molecule has 15 nitrogen and oxygen atoms in total. The first-order valence-corrected chi connectivity index (χ1v) is 20.9. The second-order valence-corrected chi connectivity index (χ2v) is 15.8. The van der Waals surface area contributed by atoms with Gasteiger partial charge in [-0.3, -0.25) is 19.2 Å². The van der Waals surface area contributed by atoms with Crippen LogP contribution in [0.5, 0.6) is 0 Å². The van der Waals surface area contributed by atoms with Gasteiger partial charge < -0.3 is 45.4 Å². The average Bonchev–Trinajstić information content (AvgIpc) is 4.00. The highest BCUT2D eigenvalue weighted by Crippen LogP contribution is 2.27. The molecule has 2 aliphatic heterocycles. The molecule has 0 unspecified atom stereocenters. The Hall–Kier alpha value is -6.90. The molecule has 4 N–H and O–H groups in total. The first kappa shape index (κ1) is 44.6. The molecule has 0 aliphatic carbocycles. The van der Waals surface area contributed by atoms with Crippen molar-refractivity contribution in [2.75, 3.05) is 42.8 Å². The van der Waals surface area contributed by atoms with Crippen LogP contribution in [0.2, 0.25) is 0 Å². The fourth-order valence-electron chi connectivity index (χ4n) is 7.92. The molecule has 2 aliphatic rings. The molecule has 0 aromatic heterocycles. The minimum absolute atomic E-state index is 0.200. The molecule has 0 bridgehead atoms. The lowest BCUT2D eigenvalue weighted by atomic mass is 10.0. The number of alkyl carbamates (subject to hydrolysis) is 2. The molecule has 4 aromatic carbocycles. The molecule has 62 heavy (non-hydrogen) atoms. The largest absolute Gasteiger partial charge is 0.453 e. The van der Waals surface area contributed by atoms with Crippen molar-refractivity contribution in [3.05, 3.63) is 126 Å². The number of anilines is 3. The Bertz CT molecular complexity index is 2170. The van der Waals surface area contributed by atoms with Crippen LogP contribution in [-0.2, 0) is 41.7 Å². The Kier molecular flexibility index (Phi) is 15.2. The number of rotatable bonds is 15. The summed E-state index contributed by atoms with van der Waals surface area (Å²) in [5.74, 6) is -1.48. The highest BCUT2D eigenvalue weighted by Gasteiger charge is 2.40. The van der Waals surface area contributed by atoms with Crippen molar-refractivity contribution in [2.24, 2.45) is 5.92 Å². The van der Waals surface area contributed by atoms with E-state index in [4.69, 9.17) is 9.47 Å². The zero-order valence-corrected chi connectivity index (χ0v) is 35.5. The van der Waals surface area contributed by atoms with E-state index in [1.165, 1.54) is 19.1 Å². The Morgan fingerprint density at radius 1 is 0.613 bits per heavy atom. The summed E-state index contributed by atoms with van der Waals surface area (Å²) in [4.78, 5) is 83.8. The quantitative estimate of drug-likeness (QED) is 0.108. The van der Waals surface area contributed by atoms with Gasteiger partial charge in [-0.05, 0) is 84.7 Å². The number of ether oxygens (including phenoxy) is 2. The van der Waals surface area contributed by atoms with E-state index in [9.17, 15) is 28.8 Å². The first-order chi connectivity index (χ1) is 29.9. The first-order valence-electron chi connectivity index (χ1n) is 20.9. The predicted molar refractivity (Wildman–Crippen MR) is 235 cm³/mol. The highest BCUT2D eigenvalue weighted by molar-refractivity contribution is 6.00. The molecule has 4 aromatic rings. The van der Waals surface area contributed by atoms with E-state index >= 15 is 0 Å². The standard InChI is InChI=1S/C47H55N7O8/c1-31(2)40(50-46(59)61-3)44(57)53-27-11-17-38(53)42(55)48-35-23-19-32(20-24-35)29-52(37-15-9-6-10-16-37)30-33-21-25-36(26-22-33)49-43(56)39-18-12-28-54(39)45(58)41(51-47(60)62-4)34-13-7-5-8-14-34/h5-10,13-16,19-26,31,38-41H,11-12,17-18,27-30H2,1-4H3,(H,48,55)(H,49,56)(H,50,59)(H,51,60)/t38-,39-,40-,41+/m0/s1. The van der Waals surface area contributed by atoms with Crippen LogP contribution in [0.4, 0.5) is 26.7 Å². The number of likely N-dealkylation sites (tertiary alicyclic amines) is 2. The smallest absolute Gasteiger partial charge is 0.407 e. The fraction of sp³-hybridized carbons (Fsp3) is 0.362. The number of amides is 6. The second-order valence-electron chi connectivity index (χ2n) is 15.8. The van der Waals surface area contributed by atoms with Crippen molar-refractivity contribution in [3.8, 4) is 0 Å². The van der Waals surface area contributed by atoms with Gasteiger partial charge >= 0.3 is 12.2 Å². The Morgan fingerprint density at radius 2 is 1.06 bits per heavy atom. The third-order valence-corrected chi connectivity index (χ3v) is 11.2. The van der Waals surface area contributed by atoms with Crippen LogP contribution < -0.4 is 26.2 Å². The third-order valence-electron chi connectivity index (χ3n) is 11.2. The van der Waals surface area contributed by atoms with Crippen LogP contribution in [0.3, 0.4) is 0 Å². The minimum atomic E-state index is -1.00. The number of nitrogens with zero attached hydrogens (tertiary/aromatic N) is 3. The summed E-state index contributed by atoms with van der Waals surface area (Å²) in [5, 5.41) is 11.2. The zero-order chi connectivity index (χ0) is 44.2. The van der Waals surface area contributed by atoms with Gasteiger partial charge in [0.15, 0.2) is 0 Å². The summed E-state index contributed by atoms with van der Waals surface area (Å²) in [6, 6.07) is 30.9. The van der Waals surface area contributed by atoms with Crippen LogP contribution in [0.1, 0.15) is 62.3 Å². The van der Waals surface area contributed by atoms with E-state index in [-0.39, 0.29) is 29.5 Å². The van der Waals surface area contributed by atoms with Crippen LogP contribution in [0.15, 0.2) is 109 Å². The molecule has 2 fully saturated rings. The van der Waals surface area contributed by atoms with Crippen molar-refractivity contribution >= 4 is 52.9 Å². The molecule has 2 saturated heterocycles. The van der Waals surface area contributed by atoms with E-state index < -0.39 is 36.4 Å². The molecular formula is C47H55N7O8. The number of para-hydroxylation sites is 1. The highest BCUT2D eigenvalue weighted by atomic mass is 16.5. The second kappa shape index (κ2) is 21.1. The van der Waals surface area contributed by atoms with E-state index in [2.05, 4.69) is 26.2 Å². The topological polar surface area (TPSA) is 179 Å². The van der Waals surface area contributed by atoms with Crippen LogP contribution in [0.25, 0.3) is 0 Å². The molecule has 326 valence electrons. The normalized spacial score (nSPS) is 16.8. The molecule has 2 heterocycles. The average molecular weight is 846 g/mol. The number of carbonyl (C=O) groups is 6. The Balaban J connectivity index is 1.07. The van der Waals surface area contributed by atoms with E-state index in [1.54, 1.807) is 29.2 Å². The van der Waals surface area contributed by atoms with Crippen LogP contribution >= 0.6 is 0 Å². The summed E-state index contributed by atoms with van der Waals surface area (Å²) in [6.07, 6.45) is 0.895. The van der Waals surface area contributed by atoms with Crippen molar-refractivity contribution in [2.45, 2.75) is 76.8 Å². The van der Waals surface area contributed by atoms with E-state index in [0.717, 1.165) is 16.8 Å². The lowest BCUT2D eigenvalue weighted by Crippen LogP contribution is -2.54. The van der Waals surface area contributed by atoms with Gasteiger partial charge in [0.25, 0.3) is 5.91 Å². The van der Waals surface area contributed by atoms with Crippen molar-refractivity contribution in [1.29, 1.82) is 0 Å². The summed E-state index contributed by atoms with van der Waals surface area (Å²) < 4.78 is 9.49. The molecule has 6 rings (SSSR count). The van der Waals surface area contributed by atoms with Gasteiger partial charge in [-0.2, -0.15) is 0 Å². The lowest BCUT2D eigenvalue weighted by molar-refractivity contribution is -0.139. The van der Waals surface area contributed by atoms with Crippen molar-refractivity contribution in [1.82, 2.24) is 20.4 Å². The molecule has 6 amide bonds. The zero-order valence-electron chi connectivity index (χ0n) is 35.5. The summed E-state index contributed by atoms with van der Waals surface area (Å²) in [5.41, 5.74) is 4.81. The molecule has 0 saturated carbocycles. The predicted octanol–water partition coefficient (Wildman–Crippen LogP) is 6.23. The maximum Gasteiger partial charge on any atom is 0.407 e. The Labute approximate surface area is 362 Å². The van der Waals surface area contributed by atoms with E-state index in [0.29, 0.717) is 68.8 Å². The number of methoxy groups -OCH3 is 2. The number of carbonyl (C=O) groups excluding carboxylic acids is 6. The lowest BCUT2D eigenvalue weighted by Gasteiger charge is -2.30. The number of nitrogens with one attached hydrogen (secondary N) is 4. The van der Waals surface area contributed by atoms with Crippen molar-refractivity contribution in [3.63, 3.8) is 0 Å².